The van der Waals surface area contributed by atoms with E-state index in [4.69, 9.17) is 21.1 Å². The van der Waals surface area contributed by atoms with Crippen molar-refractivity contribution < 1.29 is 13.9 Å². The van der Waals surface area contributed by atoms with Gasteiger partial charge in [-0.25, -0.2) is 9.18 Å². The van der Waals surface area contributed by atoms with E-state index in [-0.39, 0.29) is 29.4 Å². The van der Waals surface area contributed by atoms with Crippen molar-refractivity contribution in [2.75, 3.05) is 13.1 Å². The minimum atomic E-state index is -0.353. The van der Waals surface area contributed by atoms with Crippen LogP contribution in [0.1, 0.15) is 51.6 Å². The molecular weight excluding hydrogens is 445 g/mol. The molecule has 1 fully saturated rings. The van der Waals surface area contributed by atoms with Crippen LogP contribution in [0.4, 0.5) is 4.39 Å². The summed E-state index contributed by atoms with van der Waals surface area (Å²) in [6, 6.07) is 8.29. The monoisotopic (exact) mass is 473 g/mol. The van der Waals surface area contributed by atoms with Gasteiger partial charge in [0.25, 0.3) is 0 Å². The fourth-order valence-electron chi connectivity index (χ4n) is 5.19. The first-order chi connectivity index (χ1) is 15.7. The van der Waals surface area contributed by atoms with Crippen LogP contribution in [0, 0.1) is 5.82 Å². The Balaban J connectivity index is 1.32. The molecule has 6 nitrogen and oxygen atoms in total. The van der Waals surface area contributed by atoms with Gasteiger partial charge in [-0.2, -0.15) is 0 Å². The van der Waals surface area contributed by atoms with Gasteiger partial charge in [0, 0.05) is 42.2 Å². The SMILES string of the molecule is CCC(Oc1cc(Cl)cc2c1OC(C)(C)C2)N1CCC(n2c(=O)[nH]c3cc(F)ccc32)CC1. The van der Waals surface area contributed by atoms with Gasteiger partial charge in [0.05, 0.1) is 11.0 Å². The third-order valence-corrected chi connectivity index (χ3v) is 6.87. The van der Waals surface area contributed by atoms with E-state index < -0.39 is 0 Å². The second kappa shape index (κ2) is 8.37. The van der Waals surface area contributed by atoms with E-state index >= 15 is 0 Å². The number of fused-ring (bicyclic) bond motifs is 2. The van der Waals surface area contributed by atoms with Crippen LogP contribution < -0.4 is 15.2 Å². The lowest BCUT2D eigenvalue weighted by molar-refractivity contribution is -0.00180. The van der Waals surface area contributed by atoms with E-state index in [1.54, 1.807) is 10.6 Å². The van der Waals surface area contributed by atoms with E-state index in [1.165, 1.54) is 12.1 Å². The van der Waals surface area contributed by atoms with Gasteiger partial charge in [-0.05, 0) is 57.4 Å². The van der Waals surface area contributed by atoms with Gasteiger partial charge < -0.3 is 14.5 Å². The van der Waals surface area contributed by atoms with Crippen molar-refractivity contribution in [3.63, 3.8) is 0 Å². The van der Waals surface area contributed by atoms with Gasteiger partial charge >= 0.3 is 5.69 Å². The van der Waals surface area contributed by atoms with Crippen LogP contribution in [0.25, 0.3) is 11.0 Å². The number of aromatic amines is 1. The summed E-state index contributed by atoms with van der Waals surface area (Å²) in [4.78, 5) is 17.7. The summed E-state index contributed by atoms with van der Waals surface area (Å²) in [5.74, 6) is 1.12. The largest absolute Gasteiger partial charge is 0.483 e. The van der Waals surface area contributed by atoms with Gasteiger partial charge in [0.2, 0.25) is 0 Å². The lowest BCUT2D eigenvalue weighted by Crippen LogP contribution is -2.45. The first-order valence-corrected chi connectivity index (χ1v) is 11.9. The highest BCUT2D eigenvalue weighted by Crippen LogP contribution is 2.44. The molecule has 8 heteroatoms. The topological polar surface area (TPSA) is 59.5 Å². The first kappa shape index (κ1) is 22.3. The van der Waals surface area contributed by atoms with Crippen molar-refractivity contribution in [1.29, 1.82) is 0 Å². The first-order valence-electron chi connectivity index (χ1n) is 11.6. The molecular formula is C25H29ClFN3O3. The highest BCUT2D eigenvalue weighted by molar-refractivity contribution is 6.30. The lowest BCUT2D eigenvalue weighted by Gasteiger charge is -2.37. The van der Waals surface area contributed by atoms with E-state index in [2.05, 4.69) is 30.7 Å². The summed E-state index contributed by atoms with van der Waals surface area (Å²) in [5, 5.41) is 0.647. The van der Waals surface area contributed by atoms with Gasteiger partial charge in [0.15, 0.2) is 17.7 Å². The number of nitrogens with zero attached hydrogens (tertiary/aromatic N) is 2. The predicted molar refractivity (Wildman–Crippen MR) is 127 cm³/mol. The average Bonchev–Trinajstić information content (AvgIpc) is 3.25. The number of hydrogen-bond donors (Lipinski definition) is 1. The average molecular weight is 474 g/mol. The Morgan fingerprint density at radius 3 is 2.76 bits per heavy atom. The van der Waals surface area contributed by atoms with Gasteiger partial charge in [-0.15, -0.1) is 0 Å². The van der Waals surface area contributed by atoms with Crippen LogP contribution in [0.2, 0.25) is 5.02 Å². The minimum Gasteiger partial charge on any atom is -0.483 e. The van der Waals surface area contributed by atoms with Crippen LogP contribution in [-0.2, 0) is 6.42 Å². The fraction of sp³-hybridized carbons (Fsp3) is 0.480. The van der Waals surface area contributed by atoms with Crippen molar-refractivity contribution >= 4 is 22.6 Å². The standard InChI is InChI=1S/C25H29ClFN3O3/c1-4-22(32-21-12-16(26)11-15-14-25(2,3)33-23(15)21)29-9-7-18(8-10-29)30-20-6-5-17(27)13-19(20)28-24(30)31/h5-6,11-13,18,22H,4,7-10,14H2,1-3H3,(H,28,31). The Morgan fingerprint density at radius 2 is 2.03 bits per heavy atom. The second-order valence-electron chi connectivity index (χ2n) is 9.64. The molecule has 33 heavy (non-hydrogen) atoms. The zero-order valence-electron chi connectivity index (χ0n) is 19.2. The molecule has 0 amide bonds. The number of benzene rings is 2. The summed E-state index contributed by atoms with van der Waals surface area (Å²) < 4.78 is 28.0. The number of imidazole rings is 1. The second-order valence-corrected chi connectivity index (χ2v) is 10.1. The number of rotatable bonds is 5. The Hall–Kier alpha value is -2.51. The molecule has 0 aliphatic carbocycles. The van der Waals surface area contributed by atoms with E-state index in [0.29, 0.717) is 16.3 Å². The van der Waals surface area contributed by atoms with E-state index in [1.807, 2.05) is 12.1 Å². The molecule has 1 saturated heterocycles. The molecule has 1 unspecified atom stereocenters. The highest BCUT2D eigenvalue weighted by Gasteiger charge is 2.34. The number of piperidine rings is 1. The minimum absolute atomic E-state index is 0.0602. The van der Waals surface area contributed by atoms with Crippen molar-refractivity contribution in [2.45, 2.75) is 64.3 Å². The number of nitrogens with one attached hydrogen (secondary N) is 1. The maximum Gasteiger partial charge on any atom is 0.326 e. The number of aromatic nitrogens is 2. The Labute approximate surface area is 197 Å². The fourth-order valence-corrected chi connectivity index (χ4v) is 5.42. The van der Waals surface area contributed by atoms with Crippen LogP contribution in [0.15, 0.2) is 35.1 Å². The highest BCUT2D eigenvalue weighted by atomic mass is 35.5. The van der Waals surface area contributed by atoms with Crippen LogP contribution in [0.5, 0.6) is 11.5 Å². The van der Waals surface area contributed by atoms with E-state index in [0.717, 1.165) is 55.6 Å². The molecule has 0 saturated carbocycles. The maximum absolute atomic E-state index is 13.6. The number of halogens is 2. The smallest absolute Gasteiger partial charge is 0.326 e. The van der Waals surface area contributed by atoms with Crippen molar-refractivity contribution in [3.8, 4) is 11.5 Å². The van der Waals surface area contributed by atoms with Gasteiger partial charge in [0.1, 0.15) is 11.4 Å². The Bertz CT molecular complexity index is 1240. The maximum atomic E-state index is 13.6. The quantitative estimate of drug-likeness (QED) is 0.547. The summed E-state index contributed by atoms with van der Waals surface area (Å²) in [7, 11) is 0. The number of ether oxygens (including phenoxy) is 2. The predicted octanol–water partition coefficient (Wildman–Crippen LogP) is 5.29. The molecule has 5 rings (SSSR count). The Morgan fingerprint density at radius 1 is 1.27 bits per heavy atom. The number of likely N-dealkylation sites (tertiary alicyclic amines) is 1. The van der Waals surface area contributed by atoms with Crippen molar-refractivity contribution in [1.82, 2.24) is 14.5 Å². The van der Waals surface area contributed by atoms with Gasteiger partial charge in [-0.1, -0.05) is 18.5 Å². The molecule has 0 spiro atoms. The molecule has 2 aliphatic rings. The number of hydrogen-bond acceptors (Lipinski definition) is 4. The zero-order valence-corrected chi connectivity index (χ0v) is 19.9. The molecule has 0 radical (unpaired) electrons. The molecule has 1 aromatic heterocycles. The Kier molecular flexibility index (Phi) is 5.65. The summed E-state index contributed by atoms with van der Waals surface area (Å²) in [6.07, 6.45) is 3.10. The summed E-state index contributed by atoms with van der Waals surface area (Å²) in [6.45, 7) is 7.81. The summed E-state index contributed by atoms with van der Waals surface area (Å²) >= 11 is 6.37. The molecule has 3 heterocycles. The van der Waals surface area contributed by atoms with Crippen molar-refractivity contribution in [2.24, 2.45) is 0 Å². The molecule has 1 N–H and O–H groups in total. The van der Waals surface area contributed by atoms with E-state index in [9.17, 15) is 9.18 Å². The normalized spacial score (nSPS) is 19.4. The molecule has 0 bridgehead atoms. The van der Waals surface area contributed by atoms with Gasteiger partial charge in [-0.3, -0.25) is 9.47 Å². The lowest BCUT2D eigenvalue weighted by atomic mass is 10.0. The van der Waals surface area contributed by atoms with Crippen molar-refractivity contribution in [3.05, 3.63) is 57.2 Å². The summed E-state index contributed by atoms with van der Waals surface area (Å²) in [5.41, 5.74) is 1.89. The third kappa shape index (κ3) is 4.24. The molecule has 176 valence electrons. The number of H-pyrrole nitrogens is 1. The molecule has 1 atom stereocenters. The van der Waals surface area contributed by atoms with Crippen LogP contribution in [-0.4, -0.2) is 39.4 Å². The van der Waals surface area contributed by atoms with Crippen LogP contribution in [0.3, 0.4) is 0 Å². The molecule has 2 aliphatic heterocycles. The third-order valence-electron chi connectivity index (χ3n) is 6.65. The van der Waals surface area contributed by atoms with Crippen LogP contribution >= 0.6 is 11.6 Å². The zero-order chi connectivity index (χ0) is 23.3. The molecule has 3 aromatic rings. The molecule has 2 aromatic carbocycles.